The molecule has 1 spiro atoms. The number of allylic oxidation sites excluding steroid dienone is 2. The smallest absolute Gasteiger partial charge is 0.303 e. The van der Waals surface area contributed by atoms with Gasteiger partial charge in [-0.1, -0.05) is 11.8 Å². The van der Waals surface area contributed by atoms with Crippen molar-refractivity contribution in [2.75, 3.05) is 6.61 Å². The van der Waals surface area contributed by atoms with Gasteiger partial charge in [0.25, 0.3) is 5.79 Å². The third-order valence-electron chi connectivity index (χ3n) is 2.93. The standard InChI is InChI=1S/C16H16O4/c1-3-4-5-6-8-14-10-11-16(20-14)15(19-13(2)17)9-7-12-18-16/h8,10-11,15H,7,9,12H2,1-2H3/b14-8+/t15-,16+/m0/s1. The van der Waals surface area contributed by atoms with Crippen LogP contribution in [0.3, 0.4) is 0 Å². The number of rotatable bonds is 1. The molecule has 4 nitrogen and oxygen atoms in total. The topological polar surface area (TPSA) is 44.8 Å². The van der Waals surface area contributed by atoms with Gasteiger partial charge >= 0.3 is 5.97 Å². The van der Waals surface area contributed by atoms with E-state index in [2.05, 4.69) is 23.7 Å². The molecular formula is C16H16O4. The van der Waals surface area contributed by atoms with Gasteiger partial charge in [0.2, 0.25) is 0 Å². The van der Waals surface area contributed by atoms with E-state index in [0.717, 1.165) is 6.42 Å². The highest BCUT2D eigenvalue weighted by Crippen LogP contribution is 2.37. The highest BCUT2D eigenvalue weighted by molar-refractivity contribution is 5.66. The second kappa shape index (κ2) is 6.32. The highest BCUT2D eigenvalue weighted by atomic mass is 16.7. The number of ether oxygens (including phenoxy) is 3. The summed E-state index contributed by atoms with van der Waals surface area (Å²) in [6.45, 7) is 3.68. The van der Waals surface area contributed by atoms with E-state index in [1.165, 1.54) is 6.92 Å². The zero-order valence-corrected chi connectivity index (χ0v) is 11.6. The lowest BCUT2D eigenvalue weighted by Crippen LogP contribution is -2.49. The molecular weight excluding hydrogens is 256 g/mol. The second-order valence-corrected chi connectivity index (χ2v) is 4.44. The third-order valence-corrected chi connectivity index (χ3v) is 2.93. The first-order chi connectivity index (χ1) is 9.66. The van der Waals surface area contributed by atoms with Crippen molar-refractivity contribution < 1.29 is 19.0 Å². The Morgan fingerprint density at radius 2 is 2.40 bits per heavy atom. The van der Waals surface area contributed by atoms with Gasteiger partial charge in [0.1, 0.15) is 5.76 Å². The molecule has 0 N–H and O–H groups in total. The average molecular weight is 272 g/mol. The number of esters is 1. The fourth-order valence-corrected chi connectivity index (χ4v) is 2.12. The molecule has 2 aliphatic rings. The van der Waals surface area contributed by atoms with Crippen molar-refractivity contribution in [1.29, 1.82) is 0 Å². The number of carbonyl (C=O) groups is 1. The van der Waals surface area contributed by atoms with Crippen LogP contribution in [0.15, 0.2) is 24.0 Å². The third kappa shape index (κ3) is 3.23. The van der Waals surface area contributed by atoms with Gasteiger partial charge in [0, 0.05) is 13.0 Å². The van der Waals surface area contributed by atoms with E-state index >= 15 is 0 Å². The minimum atomic E-state index is -1.01. The van der Waals surface area contributed by atoms with Gasteiger partial charge in [0.15, 0.2) is 6.10 Å². The van der Waals surface area contributed by atoms with Crippen LogP contribution in [0.4, 0.5) is 0 Å². The van der Waals surface area contributed by atoms with Crippen molar-refractivity contribution in [2.24, 2.45) is 0 Å². The number of hydrogen-bond acceptors (Lipinski definition) is 4. The van der Waals surface area contributed by atoms with E-state index < -0.39 is 11.9 Å². The predicted molar refractivity (Wildman–Crippen MR) is 73.0 cm³/mol. The molecule has 2 rings (SSSR count). The monoisotopic (exact) mass is 272 g/mol. The van der Waals surface area contributed by atoms with Crippen LogP contribution in [0.2, 0.25) is 0 Å². The summed E-state index contributed by atoms with van der Waals surface area (Å²) >= 11 is 0. The fraction of sp³-hybridized carbons (Fsp3) is 0.438. The molecule has 2 heterocycles. The lowest BCUT2D eigenvalue weighted by atomic mass is 10.0. The van der Waals surface area contributed by atoms with Crippen molar-refractivity contribution in [3.8, 4) is 23.7 Å². The Balaban J connectivity index is 2.11. The Morgan fingerprint density at radius 3 is 3.15 bits per heavy atom. The van der Waals surface area contributed by atoms with E-state index in [1.54, 1.807) is 25.2 Å². The van der Waals surface area contributed by atoms with Crippen LogP contribution in [0.5, 0.6) is 0 Å². The van der Waals surface area contributed by atoms with Crippen molar-refractivity contribution in [2.45, 2.75) is 38.6 Å². The van der Waals surface area contributed by atoms with E-state index in [9.17, 15) is 4.79 Å². The van der Waals surface area contributed by atoms with E-state index in [1.807, 2.05) is 0 Å². The van der Waals surface area contributed by atoms with E-state index in [0.29, 0.717) is 18.8 Å². The maximum Gasteiger partial charge on any atom is 0.303 e. The summed E-state index contributed by atoms with van der Waals surface area (Å²) in [4.78, 5) is 11.2. The normalized spacial score (nSPS) is 29.1. The first kappa shape index (κ1) is 14.2. The maximum atomic E-state index is 11.2. The lowest BCUT2D eigenvalue weighted by molar-refractivity contribution is -0.253. The van der Waals surface area contributed by atoms with Crippen LogP contribution in [0.25, 0.3) is 0 Å². The molecule has 2 atom stereocenters. The van der Waals surface area contributed by atoms with Gasteiger partial charge in [-0.15, -0.1) is 0 Å². The van der Waals surface area contributed by atoms with Crippen molar-refractivity contribution in [3.05, 3.63) is 24.0 Å². The van der Waals surface area contributed by atoms with Crippen LogP contribution < -0.4 is 0 Å². The summed E-state index contributed by atoms with van der Waals surface area (Å²) in [5.41, 5.74) is 0. The Morgan fingerprint density at radius 1 is 1.55 bits per heavy atom. The molecule has 0 aliphatic carbocycles. The molecule has 0 radical (unpaired) electrons. The number of carbonyl (C=O) groups excluding carboxylic acids is 1. The minimum Gasteiger partial charge on any atom is -0.455 e. The van der Waals surface area contributed by atoms with Crippen LogP contribution >= 0.6 is 0 Å². The molecule has 1 saturated heterocycles. The molecule has 4 heteroatoms. The van der Waals surface area contributed by atoms with Crippen molar-refractivity contribution >= 4 is 5.97 Å². The molecule has 0 bridgehead atoms. The van der Waals surface area contributed by atoms with Crippen LogP contribution in [-0.2, 0) is 19.0 Å². The minimum absolute atomic E-state index is 0.340. The quantitative estimate of drug-likeness (QED) is 0.540. The summed E-state index contributed by atoms with van der Waals surface area (Å²) in [5.74, 6) is 10.0. The molecule has 2 aliphatic heterocycles. The average Bonchev–Trinajstić information content (AvgIpc) is 2.82. The molecule has 1 fully saturated rings. The molecule has 0 unspecified atom stereocenters. The molecule has 20 heavy (non-hydrogen) atoms. The summed E-state index contributed by atoms with van der Waals surface area (Å²) in [6, 6.07) is 0. The molecule has 0 saturated carbocycles. The number of hydrogen-bond donors (Lipinski definition) is 0. The van der Waals surface area contributed by atoms with Gasteiger partial charge in [0.05, 0.1) is 6.61 Å². The van der Waals surface area contributed by atoms with Gasteiger partial charge < -0.3 is 14.2 Å². The van der Waals surface area contributed by atoms with E-state index in [-0.39, 0.29) is 5.97 Å². The summed E-state index contributed by atoms with van der Waals surface area (Å²) in [6.07, 6.45) is 6.29. The molecule has 0 aromatic heterocycles. The molecule has 0 amide bonds. The summed E-state index contributed by atoms with van der Waals surface area (Å²) in [5, 5.41) is 0. The highest BCUT2D eigenvalue weighted by Gasteiger charge is 2.47. The van der Waals surface area contributed by atoms with Crippen molar-refractivity contribution in [1.82, 2.24) is 0 Å². The lowest BCUT2D eigenvalue weighted by Gasteiger charge is -2.38. The molecule has 0 aromatic carbocycles. The molecule has 0 aromatic rings. The Kier molecular flexibility index (Phi) is 4.50. The Hall–Kier alpha value is -2.17. The maximum absolute atomic E-state index is 11.2. The van der Waals surface area contributed by atoms with Crippen LogP contribution in [0, 0.1) is 23.7 Å². The van der Waals surface area contributed by atoms with Crippen LogP contribution in [-0.4, -0.2) is 24.5 Å². The first-order valence-corrected chi connectivity index (χ1v) is 6.48. The molecule has 104 valence electrons. The largest absolute Gasteiger partial charge is 0.455 e. The van der Waals surface area contributed by atoms with Gasteiger partial charge in [-0.2, -0.15) is 0 Å². The Labute approximate surface area is 118 Å². The fourth-order valence-electron chi connectivity index (χ4n) is 2.12. The Bertz CT molecular complexity index is 565. The van der Waals surface area contributed by atoms with Crippen molar-refractivity contribution in [3.63, 3.8) is 0 Å². The second-order valence-electron chi connectivity index (χ2n) is 4.44. The summed E-state index contributed by atoms with van der Waals surface area (Å²) < 4.78 is 16.8. The van der Waals surface area contributed by atoms with Gasteiger partial charge in [-0.05, 0) is 43.8 Å². The van der Waals surface area contributed by atoms with Gasteiger partial charge in [-0.25, -0.2) is 0 Å². The van der Waals surface area contributed by atoms with Gasteiger partial charge in [-0.3, -0.25) is 4.79 Å². The first-order valence-electron chi connectivity index (χ1n) is 6.48. The SMILES string of the molecule is CC#CC#C/C=C1\C=C[C@@]2(OCCC[C@@H]2OC(C)=O)O1. The van der Waals surface area contributed by atoms with Crippen LogP contribution in [0.1, 0.15) is 26.7 Å². The zero-order chi connectivity index (χ0) is 14.4. The van der Waals surface area contributed by atoms with E-state index in [4.69, 9.17) is 14.2 Å². The predicted octanol–water partition coefficient (Wildman–Crippen LogP) is 1.92. The zero-order valence-electron chi connectivity index (χ0n) is 11.6. The summed E-state index contributed by atoms with van der Waals surface area (Å²) in [7, 11) is 0.